The molecule has 0 saturated carbocycles. The molecule has 23 heavy (non-hydrogen) atoms. The number of carbonyl (C=O) groups excluding carboxylic acids is 1. The molecule has 1 unspecified atom stereocenters. The summed E-state index contributed by atoms with van der Waals surface area (Å²) in [5.41, 5.74) is 6.59. The number of nitrogens with zero attached hydrogens (tertiary/aromatic N) is 2. The summed E-state index contributed by atoms with van der Waals surface area (Å²) in [4.78, 5) is 12.0. The zero-order valence-corrected chi connectivity index (χ0v) is 14.0. The van der Waals surface area contributed by atoms with Gasteiger partial charge in [-0.1, -0.05) is 22.8 Å². The maximum Gasteiger partial charge on any atom is 0.336 e. The van der Waals surface area contributed by atoms with Crippen LogP contribution in [-0.4, -0.2) is 30.3 Å². The van der Waals surface area contributed by atoms with E-state index in [0.717, 1.165) is 0 Å². The molecule has 1 atom stereocenters. The minimum absolute atomic E-state index is 0.0188. The van der Waals surface area contributed by atoms with Crippen molar-refractivity contribution in [1.29, 1.82) is 0 Å². The van der Waals surface area contributed by atoms with Gasteiger partial charge in [0.1, 0.15) is 5.75 Å². The average molecular weight is 359 g/mol. The van der Waals surface area contributed by atoms with Gasteiger partial charge in [0.15, 0.2) is 0 Å². The fourth-order valence-corrected chi connectivity index (χ4v) is 2.79. The van der Waals surface area contributed by atoms with E-state index >= 15 is 0 Å². The number of hydrogen-bond acceptors (Lipinski definition) is 7. The molecule has 0 saturated heterocycles. The summed E-state index contributed by atoms with van der Waals surface area (Å²) in [7, 11) is -4.06. The lowest BCUT2D eigenvalue weighted by Crippen LogP contribution is -2.23. The Kier molecular flexibility index (Phi) is 5.03. The van der Waals surface area contributed by atoms with E-state index in [9.17, 15) is 13.2 Å². The van der Waals surface area contributed by atoms with Crippen LogP contribution in [0.2, 0.25) is 5.02 Å². The monoisotopic (exact) mass is 358 g/mol. The second kappa shape index (κ2) is 6.65. The minimum Gasteiger partial charge on any atom is -0.411 e. The molecule has 1 heterocycles. The molecule has 1 amide bonds. The molecule has 1 aromatic heterocycles. The van der Waals surface area contributed by atoms with E-state index in [1.165, 1.54) is 0 Å². The molecule has 0 aliphatic carbocycles. The van der Waals surface area contributed by atoms with Gasteiger partial charge >= 0.3 is 5.22 Å². The summed E-state index contributed by atoms with van der Waals surface area (Å²) in [6.45, 7) is 3.28. The predicted molar refractivity (Wildman–Crippen MR) is 83.8 cm³/mol. The van der Waals surface area contributed by atoms with E-state index in [4.69, 9.17) is 21.8 Å². The summed E-state index contributed by atoms with van der Waals surface area (Å²) in [5, 5.41) is 9.26. The van der Waals surface area contributed by atoms with E-state index in [2.05, 4.69) is 15.5 Å². The molecule has 0 aliphatic rings. The van der Waals surface area contributed by atoms with Crippen molar-refractivity contribution >= 4 is 33.0 Å². The minimum atomic E-state index is -4.06. The lowest BCUT2D eigenvalue weighted by atomic mass is 10.2. The van der Waals surface area contributed by atoms with Gasteiger partial charge in [-0.05, 0) is 31.5 Å². The summed E-state index contributed by atoms with van der Waals surface area (Å²) < 4.78 is 29.2. The number of amides is 1. The fourth-order valence-electron chi connectivity index (χ4n) is 1.69. The van der Waals surface area contributed by atoms with Gasteiger partial charge in [-0.15, -0.1) is 5.10 Å². The van der Waals surface area contributed by atoms with Crippen molar-refractivity contribution in [3.63, 3.8) is 0 Å². The highest BCUT2D eigenvalue weighted by Gasteiger charge is 2.27. The van der Waals surface area contributed by atoms with Crippen LogP contribution in [0.4, 0.5) is 5.69 Å². The molecule has 8 nitrogen and oxygen atoms in total. The SMILES string of the molecule is Cc1c(Cl)cccc1NC(=O)CS(=O)(=O)c1nnc(C(C)N)o1. The number of aromatic nitrogens is 2. The quantitative estimate of drug-likeness (QED) is 0.827. The van der Waals surface area contributed by atoms with Crippen LogP contribution in [0.15, 0.2) is 27.8 Å². The van der Waals surface area contributed by atoms with Crippen LogP contribution in [0.1, 0.15) is 24.4 Å². The van der Waals surface area contributed by atoms with Crippen molar-refractivity contribution in [2.45, 2.75) is 25.1 Å². The van der Waals surface area contributed by atoms with Gasteiger partial charge in [0.05, 0.1) is 6.04 Å². The zero-order valence-electron chi connectivity index (χ0n) is 12.4. The first-order chi connectivity index (χ1) is 10.7. The van der Waals surface area contributed by atoms with Gasteiger partial charge < -0.3 is 15.5 Å². The van der Waals surface area contributed by atoms with Crippen LogP contribution >= 0.6 is 11.6 Å². The smallest absolute Gasteiger partial charge is 0.336 e. The summed E-state index contributed by atoms with van der Waals surface area (Å²) in [5.74, 6) is -1.59. The first-order valence-corrected chi connectivity index (χ1v) is 8.60. The highest BCUT2D eigenvalue weighted by Crippen LogP contribution is 2.23. The maximum absolute atomic E-state index is 12.1. The molecule has 2 aromatic rings. The van der Waals surface area contributed by atoms with Gasteiger partial charge in [0.25, 0.3) is 0 Å². The Bertz CT molecular complexity index is 832. The molecule has 0 bridgehead atoms. The van der Waals surface area contributed by atoms with Crippen molar-refractivity contribution in [2.75, 3.05) is 11.1 Å². The Morgan fingerprint density at radius 3 is 2.74 bits per heavy atom. The van der Waals surface area contributed by atoms with Gasteiger partial charge in [-0.2, -0.15) is 0 Å². The summed E-state index contributed by atoms with van der Waals surface area (Å²) >= 11 is 5.94. The topological polar surface area (TPSA) is 128 Å². The summed E-state index contributed by atoms with van der Waals surface area (Å²) in [6, 6.07) is 4.32. The van der Waals surface area contributed by atoms with E-state index in [1.54, 1.807) is 32.0 Å². The van der Waals surface area contributed by atoms with E-state index in [0.29, 0.717) is 16.3 Å². The molecule has 0 aliphatic heterocycles. The standard InChI is InChI=1S/C13H15ClN4O4S/c1-7-9(14)4-3-5-10(7)16-11(19)6-23(20,21)13-18-17-12(22-13)8(2)15/h3-5,8H,6,15H2,1-2H3,(H,16,19). The Balaban J connectivity index is 2.13. The molecular formula is C13H15ClN4O4S. The molecule has 1 aromatic carbocycles. The Morgan fingerprint density at radius 2 is 2.13 bits per heavy atom. The zero-order chi connectivity index (χ0) is 17.2. The number of benzene rings is 1. The number of anilines is 1. The largest absolute Gasteiger partial charge is 0.411 e. The normalized spacial score (nSPS) is 12.9. The first-order valence-electron chi connectivity index (χ1n) is 6.57. The van der Waals surface area contributed by atoms with Gasteiger partial charge in [-0.3, -0.25) is 4.79 Å². The second-order valence-electron chi connectivity index (χ2n) is 4.91. The van der Waals surface area contributed by atoms with Gasteiger partial charge in [-0.25, -0.2) is 8.42 Å². The van der Waals surface area contributed by atoms with Crippen molar-refractivity contribution in [2.24, 2.45) is 5.73 Å². The van der Waals surface area contributed by atoms with E-state index in [1.807, 2.05) is 0 Å². The number of halogens is 1. The number of hydrogen-bond donors (Lipinski definition) is 2. The van der Waals surface area contributed by atoms with Crippen LogP contribution in [0.25, 0.3) is 0 Å². The fraction of sp³-hybridized carbons (Fsp3) is 0.308. The van der Waals surface area contributed by atoms with Crippen molar-refractivity contribution in [3.05, 3.63) is 34.7 Å². The number of nitrogens with two attached hydrogens (primary N) is 1. The molecule has 0 spiro atoms. The Hall–Kier alpha value is -1.97. The van der Waals surface area contributed by atoms with Crippen LogP contribution in [0.5, 0.6) is 0 Å². The van der Waals surface area contributed by atoms with Crippen molar-refractivity contribution < 1.29 is 17.6 Å². The van der Waals surface area contributed by atoms with Crippen LogP contribution in [0, 0.1) is 6.92 Å². The van der Waals surface area contributed by atoms with Crippen molar-refractivity contribution in [1.82, 2.24) is 10.2 Å². The molecule has 3 N–H and O–H groups in total. The van der Waals surface area contributed by atoms with Crippen LogP contribution in [-0.2, 0) is 14.6 Å². The van der Waals surface area contributed by atoms with Gasteiger partial charge in [0, 0.05) is 10.7 Å². The summed E-state index contributed by atoms with van der Waals surface area (Å²) in [6.07, 6.45) is 0. The lowest BCUT2D eigenvalue weighted by Gasteiger charge is -2.08. The van der Waals surface area contributed by atoms with Crippen LogP contribution < -0.4 is 11.1 Å². The second-order valence-corrected chi connectivity index (χ2v) is 7.19. The van der Waals surface area contributed by atoms with Gasteiger partial charge in [0.2, 0.25) is 21.6 Å². The molecular weight excluding hydrogens is 344 g/mol. The third-order valence-corrected chi connectivity index (χ3v) is 4.69. The lowest BCUT2D eigenvalue weighted by molar-refractivity contribution is -0.113. The molecule has 0 radical (unpaired) electrons. The Labute approximate surface area is 137 Å². The van der Waals surface area contributed by atoms with Crippen molar-refractivity contribution in [3.8, 4) is 0 Å². The highest BCUT2D eigenvalue weighted by molar-refractivity contribution is 7.91. The number of nitrogens with one attached hydrogen (secondary N) is 1. The average Bonchev–Trinajstić information content (AvgIpc) is 2.94. The number of carbonyl (C=O) groups is 1. The Morgan fingerprint density at radius 1 is 1.43 bits per heavy atom. The number of rotatable bonds is 5. The predicted octanol–water partition coefficient (Wildman–Crippen LogP) is 1.46. The molecule has 2 rings (SSSR count). The van der Waals surface area contributed by atoms with Crippen LogP contribution in [0.3, 0.4) is 0 Å². The van der Waals surface area contributed by atoms with E-state index < -0.39 is 32.8 Å². The molecule has 0 fully saturated rings. The first kappa shape index (κ1) is 17.4. The maximum atomic E-state index is 12.1. The third kappa shape index (κ3) is 4.06. The molecule has 10 heteroatoms. The highest BCUT2D eigenvalue weighted by atomic mass is 35.5. The number of sulfone groups is 1. The van der Waals surface area contributed by atoms with E-state index in [-0.39, 0.29) is 5.89 Å². The molecule has 124 valence electrons. The third-order valence-electron chi connectivity index (χ3n) is 2.94.